The van der Waals surface area contributed by atoms with E-state index in [1.807, 2.05) is 0 Å². The second-order valence-electron chi connectivity index (χ2n) is 3.94. The molecule has 0 aliphatic heterocycles. The van der Waals surface area contributed by atoms with Crippen molar-refractivity contribution < 1.29 is 24.7 Å². The second kappa shape index (κ2) is 6.26. The molecule has 0 aliphatic rings. The van der Waals surface area contributed by atoms with Gasteiger partial charge in [-0.3, -0.25) is 10.1 Å². The first-order valence-electron chi connectivity index (χ1n) is 5.66. The Morgan fingerprint density at radius 1 is 1.47 bits per heavy atom. The minimum atomic E-state index is -1.78. The molecule has 0 bridgehead atoms. The molecule has 19 heavy (non-hydrogen) atoms. The topological polar surface area (TPSA) is 110 Å². The quantitative estimate of drug-likeness (QED) is 0.466. The average Bonchev–Trinajstić information content (AvgIpc) is 2.37. The maximum Gasteiger partial charge on any atom is 0.338 e. The van der Waals surface area contributed by atoms with Gasteiger partial charge in [-0.25, -0.2) is 4.79 Å². The molecule has 1 aromatic carbocycles. The molecular formula is C12H15NO6. The number of nitro groups is 1. The third kappa shape index (κ3) is 3.49. The summed E-state index contributed by atoms with van der Waals surface area (Å²) in [5.41, 5.74) is 0.423. The standard InChI is InChI=1S/C12H15NO6/c1-3-19-12(16)11(15)10(14)9-6-8(13(17)18)5-4-7(9)2/h4-6,10-11,14-15H,3H2,1-2H3. The van der Waals surface area contributed by atoms with Crippen LogP contribution in [0.25, 0.3) is 0 Å². The third-order valence-electron chi connectivity index (χ3n) is 2.62. The van der Waals surface area contributed by atoms with Crippen molar-refractivity contribution >= 4 is 11.7 Å². The molecule has 0 fully saturated rings. The van der Waals surface area contributed by atoms with Gasteiger partial charge in [0.1, 0.15) is 6.10 Å². The van der Waals surface area contributed by atoms with Crippen molar-refractivity contribution in [2.24, 2.45) is 0 Å². The summed E-state index contributed by atoms with van der Waals surface area (Å²) in [5, 5.41) is 30.2. The number of hydrogen-bond acceptors (Lipinski definition) is 6. The molecule has 2 atom stereocenters. The van der Waals surface area contributed by atoms with Gasteiger partial charge in [-0.15, -0.1) is 0 Å². The van der Waals surface area contributed by atoms with Gasteiger partial charge in [0, 0.05) is 12.1 Å². The first-order valence-corrected chi connectivity index (χ1v) is 5.66. The highest BCUT2D eigenvalue weighted by Gasteiger charge is 2.29. The van der Waals surface area contributed by atoms with E-state index < -0.39 is 23.1 Å². The van der Waals surface area contributed by atoms with E-state index in [-0.39, 0.29) is 17.9 Å². The summed E-state index contributed by atoms with van der Waals surface area (Å²) < 4.78 is 4.58. The molecule has 0 saturated heterocycles. The number of nitrogens with zero attached hydrogens (tertiary/aromatic N) is 1. The maximum absolute atomic E-state index is 11.3. The van der Waals surface area contributed by atoms with Crippen LogP contribution in [0.3, 0.4) is 0 Å². The van der Waals surface area contributed by atoms with Crippen LogP contribution in [0.4, 0.5) is 5.69 Å². The molecule has 0 radical (unpaired) electrons. The molecule has 0 saturated carbocycles. The lowest BCUT2D eigenvalue weighted by molar-refractivity contribution is -0.385. The normalized spacial score (nSPS) is 13.7. The maximum atomic E-state index is 11.3. The van der Waals surface area contributed by atoms with E-state index in [4.69, 9.17) is 0 Å². The molecule has 0 amide bonds. The molecule has 1 aromatic rings. The summed E-state index contributed by atoms with van der Waals surface area (Å²) in [6.45, 7) is 3.24. The van der Waals surface area contributed by atoms with Gasteiger partial charge >= 0.3 is 5.97 Å². The van der Waals surface area contributed by atoms with Crippen molar-refractivity contribution in [3.63, 3.8) is 0 Å². The van der Waals surface area contributed by atoms with Crippen molar-refractivity contribution in [1.29, 1.82) is 0 Å². The number of carbonyl (C=O) groups excluding carboxylic acids is 1. The van der Waals surface area contributed by atoms with Crippen LogP contribution in [-0.4, -0.2) is 33.8 Å². The molecule has 7 nitrogen and oxygen atoms in total. The van der Waals surface area contributed by atoms with Crippen LogP contribution in [0.1, 0.15) is 24.2 Å². The largest absolute Gasteiger partial charge is 0.464 e. The Morgan fingerprint density at radius 2 is 2.11 bits per heavy atom. The van der Waals surface area contributed by atoms with Crippen molar-refractivity contribution in [2.45, 2.75) is 26.1 Å². The first kappa shape index (κ1) is 15.1. The Hall–Kier alpha value is -1.99. The minimum Gasteiger partial charge on any atom is -0.464 e. The van der Waals surface area contributed by atoms with Crippen LogP contribution in [0.5, 0.6) is 0 Å². The average molecular weight is 269 g/mol. The van der Waals surface area contributed by atoms with Crippen molar-refractivity contribution in [3.05, 3.63) is 39.4 Å². The van der Waals surface area contributed by atoms with E-state index >= 15 is 0 Å². The predicted octanol–water partition coefficient (Wildman–Crippen LogP) is 0.861. The fourth-order valence-electron chi connectivity index (χ4n) is 1.59. The lowest BCUT2D eigenvalue weighted by Gasteiger charge is -2.18. The van der Waals surface area contributed by atoms with E-state index in [1.54, 1.807) is 13.8 Å². The van der Waals surface area contributed by atoms with Crippen molar-refractivity contribution in [2.75, 3.05) is 6.61 Å². The van der Waals surface area contributed by atoms with Crippen LogP contribution >= 0.6 is 0 Å². The molecular weight excluding hydrogens is 254 g/mol. The second-order valence-corrected chi connectivity index (χ2v) is 3.94. The number of aliphatic hydroxyl groups is 2. The molecule has 1 rings (SSSR count). The molecule has 0 heterocycles. The monoisotopic (exact) mass is 269 g/mol. The third-order valence-corrected chi connectivity index (χ3v) is 2.62. The lowest BCUT2D eigenvalue weighted by Crippen LogP contribution is -2.30. The number of hydrogen-bond donors (Lipinski definition) is 2. The smallest absolute Gasteiger partial charge is 0.338 e. The molecule has 0 spiro atoms. The van der Waals surface area contributed by atoms with Gasteiger partial charge in [0.05, 0.1) is 11.5 Å². The number of carbonyl (C=O) groups is 1. The Kier molecular flexibility index (Phi) is 4.96. The highest BCUT2D eigenvalue weighted by atomic mass is 16.6. The van der Waals surface area contributed by atoms with Crippen LogP contribution < -0.4 is 0 Å². The zero-order valence-electron chi connectivity index (χ0n) is 10.6. The number of aryl methyl sites for hydroxylation is 1. The van der Waals surface area contributed by atoms with Crippen molar-refractivity contribution in [1.82, 2.24) is 0 Å². The molecule has 2 unspecified atom stereocenters. The number of rotatable bonds is 5. The van der Waals surface area contributed by atoms with Crippen LogP contribution in [0.2, 0.25) is 0 Å². The number of ether oxygens (including phenoxy) is 1. The summed E-state index contributed by atoms with van der Waals surface area (Å²) in [6, 6.07) is 3.85. The molecule has 2 N–H and O–H groups in total. The Morgan fingerprint density at radius 3 is 2.63 bits per heavy atom. The van der Waals surface area contributed by atoms with Gasteiger partial charge in [0.25, 0.3) is 5.69 Å². The van der Waals surface area contributed by atoms with Crippen LogP contribution in [0.15, 0.2) is 18.2 Å². The number of benzene rings is 1. The fraction of sp³-hybridized carbons (Fsp3) is 0.417. The van der Waals surface area contributed by atoms with Crippen LogP contribution in [-0.2, 0) is 9.53 Å². The zero-order valence-corrected chi connectivity index (χ0v) is 10.6. The van der Waals surface area contributed by atoms with E-state index in [0.717, 1.165) is 6.07 Å². The fourth-order valence-corrected chi connectivity index (χ4v) is 1.59. The summed E-state index contributed by atoms with van der Waals surface area (Å²) in [5.74, 6) is -0.971. The number of aliphatic hydroxyl groups excluding tert-OH is 2. The summed E-state index contributed by atoms with van der Waals surface area (Å²) >= 11 is 0. The van der Waals surface area contributed by atoms with E-state index in [0.29, 0.717) is 5.56 Å². The molecule has 7 heteroatoms. The van der Waals surface area contributed by atoms with E-state index in [1.165, 1.54) is 12.1 Å². The van der Waals surface area contributed by atoms with Gasteiger partial charge < -0.3 is 14.9 Å². The Labute approximate surface area is 109 Å². The van der Waals surface area contributed by atoms with Crippen LogP contribution in [0, 0.1) is 17.0 Å². The molecule has 0 aliphatic carbocycles. The molecule has 104 valence electrons. The van der Waals surface area contributed by atoms with Gasteiger partial charge in [-0.2, -0.15) is 0 Å². The Bertz CT molecular complexity index is 487. The van der Waals surface area contributed by atoms with Gasteiger partial charge in [-0.1, -0.05) is 6.07 Å². The summed E-state index contributed by atoms with van der Waals surface area (Å²) in [6.07, 6.45) is -3.35. The lowest BCUT2D eigenvalue weighted by atomic mass is 9.99. The number of nitro benzene ring substituents is 1. The SMILES string of the molecule is CCOC(=O)C(O)C(O)c1cc([N+](=O)[O-])ccc1C. The van der Waals surface area contributed by atoms with E-state index in [2.05, 4.69) is 4.74 Å². The van der Waals surface area contributed by atoms with Gasteiger partial charge in [-0.05, 0) is 25.0 Å². The summed E-state index contributed by atoms with van der Waals surface area (Å²) in [7, 11) is 0. The Balaban J connectivity index is 3.04. The first-order chi connectivity index (χ1) is 8.88. The highest BCUT2D eigenvalue weighted by molar-refractivity contribution is 5.75. The van der Waals surface area contributed by atoms with Gasteiger partial charge in [0.2, 0.25) is 0 Å². The minimum absolute atomic E-state index is 0.0660. The summed E-state index contributed by atoms with van der Waals surface area (Å²) in [4.78, 5) is 21.4. The number of non-ortho nitro benzene ring substituents is 1. The van der Waals surface area contributed by atoms with E-state index in [9.17, 15) is 25.1 Å². The van der Waals surface area contributed by atoms with Gasteiger partial charge in [0.15, 0.2) is 6.10 Å². The number of esters is 1. The molecule has 0 aromatic heterocycles. The zero-order chi connectivity index (χ0) is 14.6. The van der Waals surface area contributed by atoms with Crippen molar-refractivity contribution in [3.8, 4) is 0 Å². The highest BCUT2D eigenvalue weighted by Crippen LogP contribution is 2.25. The predicted molar refractivity (Wildman–Crippen MR) is 65.4 cm³/mol.